The molecule has 0 saturated carbocycles. The lowest BCUT2D eigenvalue weighted by atomic mass is 9.93. The molecule has 1 aromatic carbocycles. The number of halogens is 1. The second-order valence-electron chi connectivity index (χ2n) is 4.18. The Kier molecular flexibility index (Phi) is 4.47. The highest BCUT2D eigenvalue weighted by molar-refractivity contribution is 5.77. The fourth-order valence-electron chi connectivity index (χ4n) is 1.71. The smallest absolute Gasteiger partial charge is 0.254 e. The first kappa shape index (κ1) is 12.7. The van der Waals surface area contributed by atoms with Crippen molar-refractivity contribution in [3.8, 4) is 0 Å². The largest absolute Gasteiger partial charge is 0.356 e. The Morgan fingerprint density at radius 1 is 1.25 bits per heavy atom. The predicted octanol–water partition coefficient (Wildman–Crippen LogP) is 3.73. The van der Waals surface area contributed by atoms with Crippen molar-refractivity contribution in [1.29, 1.82) is 0 Å². The van der Waals surface area contributed by atoms with Gasteiger partial charge in [0, 0.05) is 4.53 Å². The van der Waals surface area contributed by atoms with Gasteiger partial charge in [0.05, 0.1) is 5.92 Å². The quantitative estimate of drug-likeness (QED) is 0.778. The highest BCUT2D eigenvalue weighted by Gasteiger charge is 2.21. The second-order valence-corrected chi connectivity index (χ2v) is 4.18. The average molecular weight is 224 g/mol. The van der Waals surface area contributed by atoms with Crippen molar-refractivity contribution in [1.82, 2.24) is 0 Å². The van der Waals surface area contributed by atoms with E-state index in [1.807, 2.05) is 31.2 Å². The van der Waals surface area contributed by atoms with Gasteiger partial charge in [-0.2, -0.15) is 0 Å². The zero-order chi connectivity index (χ0) is 12.1. The molecule has 0 spiro atoms. The van der Waals surface area contributed by atoms with Crippen molar-refractivity contribution in [2.24, 2.45) is 0 Å². The number of benzene rings is 1. The maximum Gasteiger partial charge on any atom is 0.356 e. The Balaban J connectivity index is 2.90. The Labute approximate surface area is 95.3 Å². The van der Waals surface area contributed by atoms with Crippen molar-refractivity contribution in [3.05, 3.63) is 35.4 Å². The molecule has 0 bridgehead atoms. The van der Waals surface area contributed by atoms with Gasteiger partial charge in [-0.15, -0.1) is 0 Å². The molecule has 0 radical (unpaired) electrons. The monoisotopic (exact) mass is 224 g/mol. The summed E-state index contributed by atoms with van der Waals surface area (Å²) in [6, 6.07) is 7.66. The number of carbonyl (C=O) groups excluding carboxylic acids is 1. The fraction of sp³-hybridized carbons (Fsp3) is 0.462. The molecule has 1 rings (SSSR count). The van der Waals surface area contributed by atoms with Crippen molar-refractivity contribution in [2.75, 3.05) is 0 Å². The third kappa shape index (κ3) is 2.81. The van der Waals surface area contributed by atoms with Crippen LogP contribution < -0.4 is 0 Å². The van der Waals surface area contributed by atoms with E-state index in [9.17, 15) is 9.32 Å². The summed E-state index contributed by atoms with van der Waals surface area (Å²) in [6.07, 6.45) is 0.532. The van der Waals surface area contributed by atoms with E-state index in [1.165, 1.54) is 5.56 Å². The van der Waals surface area contributed by atoms with Gasteiger partial charge in [0.15, 0.2) is 0 Å². The summed E-state index contributed by atoms with van der Waals surface area (Å²) in [5.74, 6) is -0.881. The van der Waals surface area contributed by atoms with Crippen LogP contribution in [0.5, 0.6) is 0 Å². The summed E-state index contributed by atoms with van der Waals surface area (Å²) in [6.45, 7) is 6.03. The molecule has 88 valence electrons. The lowest BCUT2D eigenvalue weighted by Gasteiger charge is -2.12. The van der Waals surface area contributed by atoms with Crippen LogP contribution in [-0.4, -0.2) is 5.97 Å². The highest BCUT2D eigenvalue weighted by atomic mass is 19.3. The van der Waals surface area contributed by atoms with Crippen molar-refractivity contribution < 1.29 is 14.3 Å². The molecule has 0 aliphatic heterocycles. The SMILES string of the molecule is CCC(C(=O)OF)c1ccc(C(C)C)cc1. The van der Waals surface area contributed by atoms with E-state index in [1.54, 1.807) is 0 Å². The molecule has 0 aromatic heterocycles. The molecule has 1 unspecified atom stereocenters. The molecule has 0 aliphatic carbocycles. The maximum atomic E-state index is 11.9. The van der Waals surface area contributed by atoms with Crippen LogP contribution in [0.1, 0.15) is 50.2 Å². The third-order valence-corrected chi connectivity index (χ3v) is 2.77. The zero-order valence-electron chi connectivity index (χ0n) is 9.87. The van der Waals surface area contributed by atoms with E-state index < -0.39 is 11.9 Å². The van der Waals surface area contributed by atoms with E-state index in [-0.39, 0.29) is 0 Å². The minimum atomic E-state index is -0.820. The fourth-order valence-corrected chi connectivity index (χ4v) is 1.71. The first-order valence-corrected chi connectivity index (χ1v) is 5.52. The molecule has 0 aliphatic rings. The first-order valence-electron chi connectivity index (χ1n) is 5.52. The Bertz CT molecular complexity index is 343. The molecule has 1 aromatic rings. The lowest BCUT2D eigenvalue weighted by Crippen LogP contribution is -2.11. The molecule has 0 saturated heterocycles. The highest BCUT2D eigenvalue weighted by Crippen LogP contribution is 2.23. The maximum absolute atomic E-state index is 11.9. The molecule has 3 heteroatoms. The summed E-state index contributed by atoms with van der Waals surface area (Å²) in [5, 5.41) is 0. The molecule has 1 atom stereocenters. The van der Waals surface area contributed by atoms with E-state index in [2.05, 4.69) is 18.8 Å². The van der Waals surface area contributed by atoms with E-state index in [0.29, 0.717) is 12.3 Å². The van der Waals surface area contributed by atoms with Crippen LogP contribution in [0, 0.1) is 0 Å². The van der Waals surface area contributed by atoms with Gasteiger partial charge in [0.2, 0.25) is 0 Å². The van der Waals surface area contributed by atoms with Gasteiger partial charge in [-0.3, -0.25) is 4.94 Å². The summed E-state index contributed by atoms with van der Waals surface area (Å²) in [5.41, 5.74) is 2.00. The minimum Gasteiger partial charge on any atom is -0.254 e. The van der Waals surface area contributed by atoms with Gasteiger partial charge in [0.25, 0.3) is 0 Å². The molecular formula is C13H17FO2. The molecule has 2 nitrogen and oxygen atoms in total. The normalized spacial score (nSPS) is 12.6. The van der Waals surface area contributed by atoms with Crippen molar-refractivity contribution >= 4 is 5.97 Å². The van der Waals surface area contributed by atoms with Crippen LogP contribution in [0.2, 0.25) is 0 Å². The van der Waals surface area contributed by atoms with Gasteiger partial charge in [-0.25, -0.2) is 4.79 Å². The van der Waals surface area contributed by atoms with Gasteiger partial charge in [-0.1, -0.05) is 45.0 Å². The van der Waals surface area contributed by atoms with E-state index >= 15 is 0 Å². The summed E-state index contributed by atoms with van der Waals surface area (Å²) < 4.78 is 11.9. The number of rotatable bonds is 4. The van der Waals surface area contributed by atoms with Crippen LogP contribution >= 0.6 is 0 Å². The summed E-state index contributed by atoms with van der Waals surface area (Å²) in [4.78, 5) is 14.5. The molecular weight excluding hydrogens is 207 g/mol. The first-order chi connectivity index (χ1) is 7.60. The third-order valence-electron chi connectivity index (χ3n) is 2.77. The standard InChI is InChI=1S/C13H17FO2/c1-4-12(13(15)16-14)11-7-5-10(6-8-11)9(2)3/h5-9,12H,4H2,1-3H3. The van der Waals surface area contributed by atoms with Gasteiger partial charge in [-0.05, 0) is 23.5 Å². The van der Waals surface area contributed by atoms with Gasteiger partial charge in [0.1, 0.15) is 0 Å². The number of hydrogen-bond donors (Lipinski definition) is 0. The van der Waals surface area contributed by atoms with Crippen LogP contribution in [0.4, 0.5) is 4.53 Å². The van der Waals surface area contributed by atoms with Gasteiger partial charge < -0.3 is 0 Å². The van der Waals surface area contributed by atoms with Gasteiger partial charge >= 0.3 is 5.97 Å². The van der Waals surface area contributed by atoms with E-state index in [4.69, 9.17) is 0 Å². The van der Waals surface area contributed by atoms with Crippen LogP contribution in [0.3, 0.4) is 0 Å². The topological polar surface area (TPSA) is 26.3 Å². The zero-order valence-corrected chi connectivity index (χ0v) is 9.87. The van der Waals surface area contributed by atoms with Crippen molar-refractivity contribution in [3.63, 3.8) is 0 Å². The van der Waals surface area contributed by atoms with Crippen LogP contribution in [0.25, 0.3) is 0 Å². The molecule has 0 amide bonds. The van der Waals surface area contributed by atoms with Crippen molar-refractivity contribution in [2.45, 2.75) is 39.0 Å². The molecule has 0 heterocycles. The second kappa shape index (κ2) is 5.64. The Morgan fingerprint density at radius 2 is 1.75 bits per heavy atom. The van der Waals surface area contributed by atoms with Crippen LogP contribution in [0.15, 0.2) is 24.3 Å². The lowest BCUT2D eigenvalue weighted by molar-refractivity contribution is -0.185. The van der Waals surface area contributed by atoms with E-state index in [0.717, 1.165) is 5.56 Å². The number of carbonyl (C=O) groups is 1. The Hall–Kier alpha value is -1.38. The number of hydrogen-bond acceptors (Lipinski definition) is 2. The van der Waals surface area contributed by atoms with Crippen LogP contribution in [-0.2, 0) is 9.74 Å². The summed E-state index contributed by atoms with van der Waals surface area (Å²) in [7, 11) is 0. The average Bonchev–Trinajstić information content (AvgIpc) is 2.30. The summed E-state index contributed by atoms with van der Waals surface area (Å²) >= 11 is 0. The molecule has 0 N–H and O–H groups in total. The Morgan fingerprint density at radius 3 is 2.12 bits per heavy atom. The minimum absolute atomic E-state index is 0.447. The molecule has 16 heavy (non-hydrogen) atoms. The predicted molar refractivity (Wildman–Crippen MR) is 60.8 cm³/mol. The molecule has 0 fully saturated rings.